The summed E-state index contributed by atoms with van der Waals surface area (Å²) in [5.41, 5.74) is 3.73. The molecule has 1 N–H and O–H groups in total. The molecule has 0 unspecified atom stereocenters. The topological polar surface area (TPSA) is 67.2 Å². The molecule has 6 nitrogen and oxygen atoms in total. The number of carbonyl (C=O) groups excluding carboxylic acids is 2. The Hall–Kier alpha value is -3.64. The third kappa shape index (κ3) is 6.98. The Labute approximate surface area is 223 Å². The van der Waals surface area contributed by atoms with E-state index in [1.165, 1.54) is 0 Å². The summed E-state index contributed by atoms with van der Waals surface area (Å²) in [4.78, 5) is 32.6. The molecule has 1 aromatic heterocycles. The first-order chi connectivity index (χ1) is 17.9. The van der Waals surface area contributed by atoms with Crippen molar-refractivity contribution in [2.24, 2.45) is 0 Å². The molecule has 4 aromatic rings. The molecule has 0 saturated heterocycles. The Morgan fingerprint density at radius 3 is 2.43 bits per heavy atom. The van der Waals surface area contributed by atoms with E-state index in [4.69, 9.17) is 16.6 Å². The van der Waals surface area contributed by atoms with Crippen LogP contribution in [-0.4, -0.2) is 38.9 Å². The van der Waals surface area contributed by atoms with Crippen molar-refractivity contribution in [2.75, 3.05) is 6.54 Å². The van der Waals surface area contributed by atoms with E-state index in [1.54, 1.807) is 6.07 Å². The van der Waals surface area contributed by atoms with Crippen LogP contribution in [0.2, 0.25) is 5.02 Å². The third-order valence-corrected chi connectivity index (χ3v) is 6.74. The predicted octanol–water partition coefficient (Wildman–Crippen LogP) is 5.42. The van der Waals surface area contributed by atoms with Crippen LogP contribution in [0.4, 0.5) is 0 Å². The number of rotatable bonds is 11. The summed E-state index contributed by atoms with van der Waals surface area (Å²) in [6.45, 7) is 5.39. The molecular weight excluding hydrogens is 484 g/mol. The zero-order chi connectivity index (χ0) is 26.2. The van der Waals surface area contributed by atoms with Gasteiger partial charge >= 0.3 is 0 Å². The van der Waals surface area contributed by atoms with Crippen molar-refractivity contribution >= 4 is 34.4 Å². The Morgan fingerprint density at radius 1 is 0.973 bits per heavy atom. The summed E-state index contributed by atoms with van der Waals surface area (Å²) in [5, 5.41) is 3.57. The van der Waals surface area contributed by atoms with E-state index in [2.05, 4.69) is 5.32 Å². The fourth-order valence-electron chi connectivity index (χ4n) is 4.41. The number of fused-ring (bicyclic) bond motifs is 1. The van der Waals surface area contributed by atoms with Crippen LogP contribution in [-0.2, 0) is 35.5 Å². The van der Waals surface area contributed by atoms with Crippen molar-refractivity contribution in [1.82, 2.24) is 19.8 Å². The summed E-state index contributed by atoms with van der Waals surface area (Å²) in [6.07, 6.45) is 1.61. The van der Waals surface area contributed by atoms with Gasteiger partial charge in [0.1, 0.15) is 12.4 Å². The summed E-state index contributed by atoms with van der Waals surface area (Å²) in [6, 6.07) is 25.4. The molecule has 1 heterocycles. The number of amides is 2. The molecule has 3 aromatic carbocycles. The Bertz CT molecular complexity index is 1350. The van der Waals surface area contributed by atoms with E-state index in [9.17, 15) is 9.59 Å². The third-order valence-electron chi connectivity index (χ3n) is 6.37. The number of aryl methyl sites for hydroxylation is 1. The highest BCUT2D eigenvalue weighted by atomic mass is 35.5. The SMILES string of the molecule is CC(C)N(Cc1ccccc1)C(=O)Cn1c(CCCNC(=O)Cc2ccccc2Cl)nc2ccccc21. The van der Waals surface area contributed by atoms with Crippen molar-refractivity contribution in [3.8, 4) is 0 Å². The van der Waals surface area contributed by atoms with Gasteiger partial charge in [0, 0.05) is 30.6 Å². The lowest BCUT2D eigenvalue weighted by molar-refractivity contribution is -0.134. The van der Waals surface area contributed by atoms with Gasteiger partial charge in [0.05, 0.1) is 17.5 Å². The fourth-order valence-corrected chi connectivity index (χ4v) is 4.61. The van der Waals surface area contributed by atoms with Gasteiger partial charge in [-0.3, -0.25) is 9.59 Å². The highest BCUT2D eigenvalue weighted by Crippen LogP contribution is 2.19. The minimum absolute atomic E-state index is 0.0521. The summed E-state index contributed by atoms with van der Waals surface area (Å²) in [5.74, 6) is 0.833. The summed E-state index contributed by atoms with van der Waals surface area (Å²) >= 11 is 6.17. The molecule has 0 aliphatic heterocycles. The summed E-state index contributed by atoms with van der Waals surface area (Å²) < 4.78 is 2.02. The zero-order valence-electron chi connectivity index (χ0n) is 21.4. The van der Waals surface area contributed by atoms with Crippen LogP contribution in [0.1, 0.15) is 37.2 Å². The van der Waals surface area contributed by atoms with Crippen LogP contribution in [0.25, 0.3) is 11.0 Å². The average molecular weight is 517 g/mol. The molecule has 0 aliphatic rings. The standard InChI is InChI=1S/C30H33ClN4O2/c1-22(2)34(20-23-11-4-3-5-12-23)30(37)21-35-27-16-9-8-15-26(27)33-28(35)17-10-18-32-29(36)19-24-13-6-7-14-25(24)31/h3-9,11-16,22H,10,17-21H2,1-2H3,(H,32,36). The average Bonchev–Trinajstić information content (AvgIpc) is 3.24. The Kier molecular flexibility index (Phi) is 8.96. The molecule has 37 heavy (non-hydrogen) atoms. The number of benzene rings is 3. The van der Waals surface area contributed by atoms with Crippen LogP contribution in [0, 0.1) is 0 Å². The van der Waals surface area contributed by atoms with Gasteiger partial charge in [-0.25, -0.2) is 4.98 Å². The van der Waals surface area contributed by atoms with Crippen molar-refractivity contribution in [3.05, 3.63) is 101 Å². The van der Waals surface area contributed by atoms with E-state index in [1.807, 2.05) is 96.1 Å². The second-order valence-electron chi connectivity index (χ2n) is 9.43. The normalized spacial score (nSPS) is 11.1. The van der Waals surface area contributed by atoms with E-state index in [0.717, 1.165) is 28.0 Å². The van der Waals surface area contributed by atoms with E-state index < -0.39 is 0 Å². The Balaban J connectivity index is 1.41. The second-order valence-corrected chi connectivity index (χ2v) is 9.83. The van der Waals surface area contributed by atoms with Crippen molar-refractivity contribution in [1.29, 1.82) is 0 Å². The fraction of sp³-hybridized carbons (Fsp3) is 0.300. The number of hydrogen-bond acceptors (Lipinski definition) is 3. The maximum Gasteiger partial charge on any atom is 0.243 e. The van der Waals surface area contributed by atoms with Gasteiger partial charge in [-0.15, -0.1) is 0 Å². The van der Waals surface area contributed by atoms with Crippen molar-refractivity contribution in [3.63, 3.8) is 0 Å². The zero-order valence-corrected chi connectivity index (χ0v) is 22.1. The highest BCUT2D eigenvalue weighted by Gasteiger charge is 2.21. The number of imidazole rings is 1. The first kappa shape index (κ1) is 26.4. The Morgan fingerprint density at radius 2 is 1.68 bits per heavy atom. The molecule has 7 heteroatoms. The molecular formula is C30H33ClN4O2. The van der Waals surface area contributed by atoms with Gasteiger partial charge < -0.3 is 14.8 Å². The monoisotopic (exact) mass is 516 g/mol. The van der Waals surface area contributed by atoms with Gasteiger partial charge in [0.2, 0.25) is 11.8 Å². The first-order valence-corrected chi connectivity index (χ1v) is 13.1. The largest absolute Gasteiger partial charge is 0.356 e. The predicted molar refractivity (Wildman–Crippen MR) is 148 cm³/mol. The number of para-hydroxylation sites is 2. The lowest BCUT2D eigenvalue weighted by Crippen LogP contribution is -2.38. The van der Waals surface area contributed by atoms with Crippen molar-refractivity contribution < 1.29 is 9.59 Å². The maximum absolute atomic E-state index is 13.5. The van der Waals surface area contributed by atoms with Gasteiger partial charge in [0.15, 0.2) is 0 Å². The molecule has 0 aliphatic carbocycles. The van der Waals surface area contributed by atoms with Crippen LogP contribution in [0.15, 0.2) is 78.9 Å². The quantitative estimate of drug-likeness (QED) is 0.271. The number of halogens is 1. The van der Waals surface area contributed by atoms with Gasteiger partial charge in [-0.1, -0.05) is 72.3 Å². The lowest BCUT2D eigenvalue weighted by atomic mass is 10.1. The van der Waals surface area contributed by atoms with Crippen LogP contribution in [0.5, 0.6) is 0 Å². The number of nitrogens with one attached hydrogen (secondary N) is 1. The molecule has 0 spiro atoms. The van der Waals surface area contributed by atoms with E-state index >= 15 is 0 Å². The number of hydrogen-bond donors (Lipinski definition) is 1. The number of carbonyl (C=O) groups is 2. The molecule has 0 bridgehead atoms. The molecule has 0 fully saturated rings. The maximum atomic E-state index is 13.5. The molecule has 192 valence electrons. The van der Waals surface area contributed by atoms with E-state index in [-0.39, 0.29) is 30.8 Å². The highest BCUT2D eigenvalue weighted by molar-refractivity contribution is 6.31. The second kappa shape index (κ2) is 12.5. The molecule has 0 saturated carbocycles. The van der Waals surface area contributed by atoms with E-state index in [0.29, 0.717) is 31.0 Å². The molecule has 0 atom stereocenters. The van der Waals surface area contributed by atoms with Crippen LogP contribution in [0.3, 0.4) is 0 Å². The van der Waals surface area contributed by atoms with Gasteiger partial charge in [0.25, 0.3) is 0 Å². The smallest absolute Gasteiger partial charge is 0.243 e. The molecule has 0 radical (unpaired) electrons. The number of nitrogens with zero attached hydrogens (tertiary/aromatic N) is 3. The minimum Gasteiger partial charge on any atom is -0.356 e. The van der Waals surface area contributed by atoms with Crippen molar-refractivity contribution in [2.45, 2.75) is 52.2 Å². The van der Waals surface area contributed by atoms with Gasteiger partial charge in [-0.2, -0.15) is 0 Å². The lowest BCUT2D eigenvalue weighted by Gasteiger charge is -2.27. The molecule has 2 amide bonds. The summed E-state index contributed by atoms with van der Waals surface area (Å²) in [7, 11) is 0. The number of aromatic nitrogens is 2. The van der Waals surface area contributed by atoms with Gasteiger partial charge in [-0.05, 0) is 49.6 Å². The minimum atomic E-state index is -0.0646. The first-order valence-electron chi connectivity index (χ1n) is 12.7. The molecule has 4 rings (SSSR count). The van der Waals surface area contributed by atoms with Crippen LogP contribution >= 0.6 is 11.6 Å². The van der Waals surface area contributed by atoms with Crippen LogP contribution < -0.4 is 5.32 Å².